The predicted molar refractivity (Wildman–Crippen MR) is 81.4 cm³/mol. The minimum absolute atomic E-state index is 0.696. The molecule has 0 aliphatic rings. The Bertz CT molecular complexity index is 725. The summed E-state index contributed by atoms with van der Waals surface area (Å²) in [6, 6.07) is 3.89. The zero-order valence-electron chi connectivity index (χ0n) is 10.2. The van der Waals surface area contributed by atoms with Gasteiger partial charge in [0, 0.05) is 22.2 Å². The van der Waals surface area contributed by atoms with Crippen molar-refractivity contribution in [2.24, 2.45) is 0 Å². The fourth-order valence-corrected chi connectivity index (χ4v) is 2.76. The lowest BCUT2D eigenvalue weighted by Crippen LogP contribution is -2.01. The van der Waals surface area contributed by atoms with Crippen LogP contribution in [0.1, 0.15) is 10.7 Å². The maximum atomic E-state index is 4.43. The second-order valence-corrected chi connectivity index (χ2v) is 6.07. The Morgan fingerprint density at radius 3 is 3.05 bits per heavy atom. The van der Waals surface area contributed by atoms with Crippen molar-refractivity contribution in [1.82, 2.24) is 15.0 Å². The molecule has 0 fully saturated rings. The summed E-state index contributed by atoms with van der Waals surface area (Å²) in [6.07, 6.45) is 3.56. The summed E-state index contributed by atoms with van der Waals surface area (Å²) in [4.78, 5) is 13.2. The molecule has 0 amide bonds. The minimum atomic E-state index is 0.696. The van der Waals surface area contributed by atoms with E-state index in [1.54, 1.807) is 23.7 Å². The molecule has 0 aliphatic carbocycles. The van der Waals surface area contributed by atoms with E-state index in [0.29, 0.717) is 6.54 Å². The summed E-state index contributed by atoms with van der Waals surface area (Å²) in [5.74, 6) is 0. The molecule has 0 aromatic carbocycles. The highest BCUT2D eigenvalue weighted by Gasteiger charge is 2.05. The number of fused-ring (bicyclic) bond motifs is 1. The number of halogens is 1. The molecular formula is C13H11BrN4S. The molecule has 0 saturated heterocycles. The fraction of sp³-hybridized carbons (Fsp3) is 0.154. The van der Waals surface area contributed by atoms with E-state index in [-0.39, 0.29) is 0 Å². The van der Waals surface area contributed by atoms with Crippen LogP contribution in [-0.2, 0) is 6.54 Å². The normalized spacial score (nSPS) is 10.8. The van der Waals surface area contributed by atoms with E-state index in [2.05, 4.69) is 41.6 Å². The number of hydrogen-bond acceptors (Lipinski definition) is 5. The van der Waals surface area contributed by atoms with Gasteiger partial charge < -0.3 is 5.32 Å². The Morgan fingerprint density at radius 2 is 2.26 bits per heavy atom. The molecule has 0 unspecified atom stereocenters. The summed E-state index contributed by atoms with van der Waals surface area (Å²) in [6.45, 7) is 2.70. The topological polar surface area (TPSA) is 50.7 Å². The van der Waals surface area contributed by atoms with Gasteiger partial charge in [-0.2, -0.15) is 0 Å². The van der Waals surface area contributed by atoms with E-state index in [1.165, 1.54) is 0 Å². The van der Waals surface area contributed by atoms with Crippen LogP contribution in [0.3, 0.4) is 0 Å². The summed E-state index contributed by atoms with van der Waals surface area (Å²) >= 11 is 5.06. The van der Waals surface area contributed by atoms with E-state index in [9.17, 15) is 0 Å². The maximum Gasteiger partial charge on any atom is 0.112 e. The first-order valence-electron chi connectivity index (χ1n) is 5.77. The second-order valence-electron chi connectivity index (χ2n) is 4.09. The van der Waals surface area contributed by atoms with Crippen LogP contribution in [0.25, 0.3) is 11.0 Å². The molecule has 3 aromatic rings. The van der Waals surface area contributed by atoms with Gasteiger partial charge in [-0.25, -0.2) is 4.98 Å². The van der Waals surface area contributed by atoms with Gasteiger partial charge in [0.1, 0.15) is 5.52 Å². The van der Waals surface area contributed by atoms with Crippen molar-refractivity contribution < 1.29 is 0 Å². The van der Waals surface area contributed by atoms with Crippen LogP contribution in [0, 0.1) is 6.92 Å². The van der Waals surface area contributed by atoms with Gasteiger partial charge in [0.25, 0.3) is 0 Å². The van der Waals surface area contributed by atoms with Crippen LogP contribution in [0.5, 0.6) is 0 Å². The van der Waals surface area contributed by atoms with Crippen molar-refractivity contribution in [2.75, 3.05) is 5.32 Å². The molecule has 0 bridgehead atoms. The molecule has 0 atom stereocenters. The van der Waals surface area contributed by atoms with Crippen molar-refractivity contribution >= 4 is 44.0 Å². The van der Waals surface area contributed by atoms with Crippen LogP contribution < -0.4 is 5.32 Å². The molecule has 3 heterocycles. The lowest BCUT2D eigenvalue weighted by Gasteiger charge is -2.07. The molecule has 19 heavy (non-hydrogen) atoms. The van der Waals surface area contributed by atoms with Gasteiger partial charge >= 0.3 is 0 Å². The van der Waals surface area contributed by atoms with Crippen molar-refractivity contribution in [3.63, 3.8) is 0 Å². The van der Waals surface area contributed by atoms with Crippen LogP contribution in [0.4, 0.5) is 5.69 Å². The minimum Gasteiger partial charge on any atom is -0.378 e. The van der Waals surface area contributed by atoms with Gasteiger partial charge in [0.2, 0.25) is 0 Å². The molecule has 0 spiro atoms. The molecular weight excluding hydrogens is 324 g/mol. The van der Waals surface area contributed by atoms with E-state index in [0.717, 1.165) is 31.9 Å². The van der Waals surface area contributed by atoms with Gasteiger partial charge in [0.15, 0.2) is 0 Å². The number of nitrogens with one attached hydrogen (secondary N) is 1. The van der Waals surface area contributed by atoms with Gasteiger partial charge in [-0.1, -0.05) is 0 Å². The largest absolute Gasteiger partial charge is 0.378 e. The van der Waals surface area contributed by atoms with Crippen LogP contribution in [-0.4, -0.2) is 15.0 Å². The first-order chi connectivity index (χ1) is 9.22. The summed E-state index contributed by atoms with van der Waals surface area (Å²) in [5, 5.41) is 6.51. The van der Waals surface area contributed by atoms with Crippen molar-refractivity contribution in [3.05, 3.63) is 45.1 Å². The molecule has 0 saturated carbocycles. The Balaban J connectivity index is 1.88. The molecule has 0 aliphatic heterocycles. The van der Waals surface area contributed by atoms with Gasteiger partial charge in [-0.05, 0) is 35.0 Å². The fourth-order valence-electron chi connectivity index (χ4n) is 1.82. The van der Waals surface area contributed by atoms with E-state index >= 15 is 0 Å². The average molecular weight is 335 g/mol. The average Bonchev–Trinajstić information content (AvgIpc) is 2.81. The maximum absolute atomic E-state index is 4.43. The SMILES string of the molecule is Cc1nc(CNc2ccnc3cc(Br)cnc23)cs1. The van der Waals surface area contributed by atoms with Gasteiger partial charge in [-0.3, -0.25) is 9.97 Å². The third kappa shape index (κ3) is 2.74. The van der Waals surface area contributed by atoms with Crippen molar-refractivity contribution in [2.45, 2.75) is 13.5 Å². The number of thiazole rings is 1. The van der Waals surface area contributed by atoms with Crippen LogP contribution in [0.15, 0.2) is 34.4 Å². The molecule has 3 rings (SSSR count). The molecule has 0 radical (unpaired) electrons. The molecule has 6 heteroatoms. The molecule has 4 nitrogen and oxygen atoms in total. The zero-order valence-corrected chi connectivity index (χ0v) is 12.6. The number of pyridine rings is 2. The van der Waals surface area contributed by atoms with E-state index in [4.69, 9.17) is 0 Å². The Morgan fingerprint density at radius 1 is 1.37 bits per heavy atom. The first-order valence-corrected chi connectivity index (χ1v) is 7.45. The van der Waals surface area contributed by atoms with Crippen molar-refractivity contribution in [1.29, 1.82) is 0 Å². The van der Waals surface area contributed by atoms with E-state index in [1.807, 2.05) is 19.1 Å². The number of rotatable bonds is 3. The smallest absolute Gasteiger partial charge is 0.112 e. The summed E-state index contributed by atoms with van der Waals surface area (Å²) < 4.78 is 0.930. The predicted octanol–water partition coefficient (Wildman–Crippen LogP) is 3.77. The summed E-state index contributed by atoms with van der Waals surface area (Å²) in [7, 11) is 0. The Hall–Kier alpha value is -1.53. The monoisotopic (exact) mass is 334 g/mol. The number of hydrogen-bond donors (Lipinski definition) is 1. The quantitative estimate of drug-likeness (QED) is 0.792. The van der Waals surface area contributed by atoms with Crippen LogP contribution >= 0.6 is 27.3 Å². The molecule has 96 valence electrons. The van der Waals surface area contributed by atoms with Gasteiger partial charge in [-0.15, -0.1) is 11.3 Å². The zero-order chi connectivity index (χ0) is 13.2. The lowest BCUT2D eigenvalue weighted by atomic mass is 10.3. The van der Waals surface area contributed by atoms with E-state index < -0.39 is 0 Å². The highest BCUT2D eigenvalue weighted by atomic mass is 79.9. The molecule has 3 aromatic heterocycles. The standard InChI is InChI=1S/C13H11BrN4S/c1-8-18-10(7-19-8)6-16-11-2-3-15-12-4-9(14)5-17-13(11)12/h2-5,7H,6H2,1H3,(H,15,16). The third-order valence-corrected chi connectivity index (χ3v) is 3.93. The lowest BCUT2D eigenvalue weighted by molar-refractivity contribution is 1.05. The van der Waals surface area contributed by atoms with Crippen molar-refractivity contribution in [3.8, 4) is 0 Å². The van der Waals surface area contributed by atoms with Gasteiger partial charge in [0.05, 0.1) is 28.5 Å². The van der Waals surface area contributed by atoms with Crippen LogP contribution in [0.2, 0.25) is 0 Å². The highest BCUT2D eigenvalue weighted by Crippen LogP contribution is 2.22. The first kappa shape index (κ1) is 12.5. The number of aryl methyl sites for hydroxylation is 1. The highest BCUT2D eigenvalue weighted by molar-refractivity contribution is 9.10. The second kappa shape index (κ2) is 5.22. The third-order valence-electron chi connectivity index (χ3n) is 2.67. The Kier molecular flexibility index (Phi) is 3.44. The number of anilines is 1. The molecule has 1 N–H and O–H groups in total. The number of aromatic nitrogens is 3. The Labute approximate surface area is 123 Å². The number of nitrogens with zero attached hydrogens (tertiary/aromatic N) is 3. The summed E-state index contributed by atoms with van der Waals surface area (Å²) in [5.41, 5.74) is 3.76.